The van der Waals surface area contributed by atoms with Crippen molar-refractivity contribution in [3.63, 3.8) is 0 Å². The minimum atomic E-state index is -3.56. The highest BCUT2D eigenvalue weighted by Gasteiger charge is 2.34. The zero-order valence-corrected chi connectivity index (χ0v) is 15.7. The average molecular weight is 343 g/mol. The molecule has 0 amide bonds. The molecule has 132 valence electrons. The van der Waals surface area contributed by atoms with Gasteiger partial charge in [-0.2, -0.15) is 4.31 Å². The summed E-state index contributed by atoms with van der Waals surface area (Å²) in [5.74, 6) is 0.708. The van der Waals surface area contributed by atoms with E-state index >= 15 is 0 Å². The highest BCUT2D eigenvalue weighted by atomic mass is 32.2. The molecule has 0 aromatic carbocycles. The summed E-state index contributed by atoms with van der Waals surface area (Å²) in [6.45, 7) is 4.88. The van der Waals surface area contributed by atoms with Crippen LogP contribution < -0.4 is 0 Å². The number of nitrogens with zero attached hydrogens (tertiary/aromatic N) is 5. The van der Waals surface area contributed by atoms with Crippen molar-refractivity contribution in [3.05, 3.63) is 12.0 Å². The first-order chi connectivity index (χ1) is 10.7. The summed E-state index contributed by atoms with van der Waals surface area (Å²) < 4.78 is 29.6. The van der Waals surface area contributed by atoms with Crippen molar-refractivity contribution in [1.82, 2.24) is 23.7 Å². The van der Waals surface area contributed by atoms with Gasteiger partial charge in [0, 0.05) is 32.4 Å². The Bertz CT molecular complexity index is 598. The Morgan fingerprint density at radius 1 is 1.22 bits per heavy atom. The molecular weight excluding hydrogens is 314 g/mol. The highest BCUT2D eigenvalue weighted by Crippen LogP contribution is 2.23. The third-order valence-electron chi connectivity index (χ3n) is 4.52. The molecule has 0 N–H and O–H groups in total. The third kappa shape index (κ3) is 4.32. The van der Waals surface area contributed by atoms with Crippen molar-refractivity contribution in [2.45, 2.75) is 30.8 Å². The van der Waals surface area contributed by atoms with Crippen LogP contribution in [-0.4, -0.2) is 85.4 Å². The Hall–Kier alpha value is -0.960. The molecule has 2 heterocycles. The van der Waals surface area contributed by atoms with Gasteiger partial charge < -0.3 is 14.4 Å². The van der Waals surface area contributed by atoms with Crippen LogP contribution in [0.4, 0.5) is 0 Å². The standard InChI is InChI=1S/C15H29N5O2S/c1-13-16-15(12-19(13)5)23(21,22)20(11-10-17(2)3)14-6-8-18(4)9-7-14/h12,14H,6-11H2,1-5H3. The van der Waals surface area contributed by atoms with Crippen molar-refractivity contribution in [1.29, 1.82) is 0 Å². The van der Waals surface area contributed by atoms with E-state index in [9.17, 15) is 8.42 Å². The fourth-order valence-electron chi connectivity index (χ4n) is 2.85. The van der Waals surface area contributed by atoms with Crippen LogP contribution in [0.3, 0.4) is 0 Å². The van der Waals surface area contributed by atoms with Gasteiger partial charge in [0.05, 0.1) is 0 Å². The van der Waals surface area contributed by atoms with Gasteiger partial charge in [-0.25, -0.2) is 13.4 Å². The van der Waals surface area contributed by atoms with E-state index in [4.69, 9.17) is 0 Å². The second-order valence-electron chi connectivity index (χ2n) is 6.69. The minimum absolute atomic E-state index is 0.0541. The van der Waals surface area contributed by atoms with Gasteiger partial charge in [-0.15, -0.1) is 0 Å². The Morgan fingerprint density at radius 3 is 2.30 bits per heavy atom. The van der Waals surface area contributed by atoms with Crippen LogP contribution in [0.5, 0.6) is 0 Å². The van der Waals surface area contributed by atoms with Crippen molar-refractivity contribution in [3.8, 4) is 0 Å². The molecule has 1 fully saturated rings. The van der Waals surface area contributed by atoms with E-state index in [1.165, 1.54) is 0 Å². The average Bonchev–Trinajstić information content (AvgIpc) is 2.81. The first-order valence-corrected chi connectivity index (χ1v) is 9.51. The van der Waals surface area contributed by atoms with Crippen molar-refractivity contribution >= 4 is 10.0 Å². The van der Waals surface area contributed by atoms with E-state index < -0.39 is 10.0 Å². The molecule has 0 atom stereocenters. The smallest absolute Gasteiger partial charge is 0.262 e. The number of rotatable bonds is 6. The minimum Gasteiger partial charge on any atom is -0.337 e. The van der Waals surface area contributed by atoms with Gasteiger partial charge in [-0.05, 0) is 54.0 Å². The zero-order valence-electron chi connectivity index (χ0n) is 14.9. The van der Waals surface area contributed by atoms with Crippen LogP contribution in [0, 0.1) is 6.92 Å². The third-order valence-corrected chi connectivity index (χ3v) is 6.35. The first-order valence-electron chi connectivity index (χ1n) is 8.07. The largest absolute Gasteiger partial charge is 0.337 e. The summed E-state index contributed by atoms with van der Waals surface area (Å²) in [7, 11) is 4.27. The first kappa shape index (κ1) is 18.4. The van der Waals surface area contributed by atoms with Crippen LogP contribution in [0.25, 0.3) is 0 Å². The second kappa shape index (κ2) is 7.29. The van der Waals surface area contributed by atoms with Crippen molar-refractivity contribution < 1.29 is 8.42 Å². The number of aromatic nitrogens is 2. The number of imidazole rings is 1. The van der Waals surface area contributed by atoms with E-state index in [0.29, 0.717) is 18.9 Å². The summed E-state index contributed by atoms with van der Waals surface area (Å²) in [4.78, 5) is 8.51. The monoisotopic (exact) mass is 343 g/mol. The molecule has 0 unspecified atom stereocenters. The molecule has 1 aromatic heterocycles. The molecule has 0 bridgehead atoms. The lowest BCUT2D eigenvalue weighted by Crippen LogP contribution is -2.48. The molecule has 1 saturated heterocycles. The van der Waals surface area contributed by atoms with Gasteiger partial charge in [-0.1, -0.05) is 0 Å². The fourth-order valence-corrected chi connectivity index (χ4v) is 4.56. The lowest BCUT2D eigenvalue weighted by Gasteiger charge is -2.36. The Balaban J connectivity index is 2.27. The van der Waals surface area contributed by atoms with E-state index in [-0.39, 0.29) is 11.1 Å². The molecule has 1 aromatic rings. The number of hydrogen-bond acceptors (Lipinski definition) is 5. The number of sulfonamides is 1. The quantitative estimate of drug-likeness (QED) is 0.747. The molecule has 1 aliphatic heterocycles. The van der Waals surface area contributed by atoms with Gasteiger partial charge in [0.1, 0.15) is 5.82 Å². The molecule has 2 rings (SSSR count). The van der Waals surface area contributed by atoms with E-state index in [0.717, 1.165) is 25.9 Å². The van der Waals surface area contributed by atoms with Gasteiger partial charge >= 0.3 is 0 Å². The van der Waals surface area contributed by atoms with Crippen LogP contribution in [0.1, 0.15) is 18.7 Å². The maximum absolute atomic E-state index is 13.1. The normalized spacial score (nSPS) is 18.2. The molecule has 0 aliphatic carbocycles. The van der Waals surface area contributed by atoms with Crippen LogP contribution in [0.2, 0.25) is 0 Å². The molecule has 0 spiro atoms. The van der Waals surface area contributed by atoms with Crippen LogP contribution in [-0.2, 0) is 17.1 Å². The lowest BCUT2D eigenvalue weighted by atomic mass is 10.1. The van der Waals surface area contributed by atoms with E-state index in [2.05, 4.69) is 16.9 Å². The van der Waals surface area contributed by atoms with E-state index in [1.807, 2.05) is 33.0 Å². The SMILES string of the molecule is Cc1nc(S(=O)(=O)N(CCN(C)C)C2CCN(C)CC2)cn1C. The number of piperidine rings is 1. The molecule has 7 nitrogen and oxygen atoms in total. The number of likely N-dealkylation sites (N-methyl/N-ethyl adjacent to an activating group) is 1. The van der Waals surface area contributed by atoms with Gasteiger partial charge in [0.2, 0.25) is 0 Å². The molecule has 1 aliphatic rings. The molecule has 8 heteroatoms. The Morgan fingerprint density at radius 2 is 1.83 bits per heavy atom. The highest BCUT2D eigenvalue weighted by molar-refractivity contribution is 7.89. The molecule has 0 radical (unpaired) electrons. The summed E-state index contributed by atoms with van der Waals surface area (Å²) in [5, 5.41) is 0.162. The topological polar surface area (TPSA) is 61.7 Å². The molecule has 23 heavy (non-hydrogen) atoms. The van der Waals surface area contributed by atoms with Gasteiger partial charge in [0.15, 0.2) is 5.03 Å². The zero-order chi connectivity index (χ0) is 17.2. The Kier molecular flexibility index (Phi) is 5.83. The lowest BCUT2D eigenvalue weighted by molar-refractivity contribution is 0.175. The molecular formula is C15H29N5O2S. The molecule has 0 saturated carbocycles. The number of aryl methyl sites for hydroxylation is 2. The maximum atomic E-state index is 13.1. The Labute approximate surface area is 139 Å². The maximum Gasteiger partial charge on any atom is 0.262 e. The van der Waals surface area contributed by atoms with Crippen LogP contribution >= 0.6 is 0 Å². The number of likely N-dealkylation sites (tertiary alicyclic amines) is 1. The summed E-state index contributed by atoms with van der Waals surface area (Å²) in [6.07, 6.45) is 3.35. The summed E-state index contributed by atoms with van der Waals surface area (Å²) in [5.41, 5.74) is 0. The van der Waals surface area contributed by atoms with E-state index in [1.54, 1.807) is 15.1 Å². The van der Waals surface area contributed by atoms with Crippen molar-refractivity contribution in [2.75, 3.05) is 47.3 Å². The predicted octanol–water partition coefficient (Wildman–Crippen LogP) is 0.375. The summed E-state index contributed by atoms with van der Waals surface area (Å²) in [6, 6.07) is 0.0541. The predicted molar refractivity (Wildman–Crippen MR) is 90.9 cm³/mol. The van der Waals surface area contributed by atoms with Crippen molar-refractivity contribution in [2.24, 2.45) is 7.05 Å². The van der Waals surface area contributed by atoms with Gasteiger partial charge in [-0.3, -0.25) is 0 Å². The van der Waals surface area contributed by atoms with Gasteiger partial charge in [0.25, 0.3) is 10.0 Å². The number of hydrogen-bond donors (Lipinski definition) is 0. The van der Waals surface area contributed by atoms with Crippen LogP contribution in [0.15, 0.2) is 11.2 Å². The fraction of sp³-hybridized carbons (Fsp3) is 0.800. The second-order valence-corrected chi connectivity index (χ2v) is 8.53. The summed E-state index contributed by atoms with van der Waals surface area (Å²) >= 11 is 0.